The molecule has 186 valence electrons. The van der Waals surface area contributed by atoms with Gasteiger partial charge < -0.3 is 30.0 Å². The molecule has 0 saturated heterocycles. The zero-order valence-electron chi connectivity index (χ0n) is 19.8. The van der Waals surface area contributed by atoms with Crippen LogP contribution in [0.5, 0.6) is 5.75 Å². The highest BCUT2D eigenvalue weighted by Crippen LogP contribution is 2.32. The van der Waals surface area contributed by atoms with Crippen molar-refractivity contribution >= 4 is 29.9 Å². The van der Waals surface area contributed by atoms with Gasteiger partial charge in [-0.2, -0.15) is 0 Å². The van der Waals surface area contributed by atoms with Crippen molar-refractivity contribution in [2.24, 2.45) is 10.9 Å². The van der Waals surface area contributed by atoms with Crippen LogP contribution in [0.4, 0.5) is 5.69 Å². The van der Waals surface area contributed by atoms with Crippen molar-refractivity contribution < 1.29 is 33.7 Å². The van der Waals surface area contributed by atoms with Crippen LogP contribution in [0.25, 0.3) is 0 Å². The number of rotatable bonds is 9. The van der Waals surface area contributed by atoms with Crippen LogP contribution in [-0.2, 0) is 23.9 Å². The highest BCUT2D eigenvalue weighted by molar-refractivity contribution is 6.39. The Kier molecular flexibility index (Phi) is 8.49. The molecule has 1 aliphatic carbocycles. The Labute approximate surface area is 199 Å². The lowest BCUT2D eigenvalue weighted by Gasteiger charge is -2.29. The molecule has 1 aromatic rings. The molecule has 1 atom stereocenters. The van der Waals surface area contributed by atoms with Crippen LogP contribution in [0, 0.1) is 5.92 Å². The lowest BCUT2D eigenvalue weighted by atomic mass is 9.87. The fourth-order valence-corrected chi connectivity index (χ4v) is 4.10. The maximum Gasteiger partial charge on any atom is 0.313 e. The number of aliphatic carboxylic acids is 1. The van der Waals surface area contributed by atoms with E-state index in [1.54, 1.807) is 18.2 Å². The predicted octanol–water partition coefficient (Wildman–Crippen LogP) is 2.68. The van der Waals surface area contributed by atoms with Crippen molar-refractivity contribution in [2.45, 2.75) is 63.7 Å². The average molecular weight is 476 g/mol. The first-order valence-electron chi connectivity index (χ1n) is 11.5. The van der Waals surface area contributed by atoms with Gasteiger partial charge in [-0.3, -0.25) is 19.4 Å². The number of nitrogens with zero attached hydrogens (tertiary/aromatic N) is 1. The molecule has 10 nitrogen and oxygen atoms in total. The number of carboxylic acids is 1. The Morgan fingerprint density at radius 3 is 2.53 bits per heavy atom. The maximum atomic E-state index is 12.5. The van der Waals surface area contributed by atoms with E-state index in [4.69, 9.17) is 19.3 Å². The molecule has 1 aliphatic heterocycles. The Balaban J connectivity index is 1.45. The Morgan fingerprint density at radius 2 is 1.91 bits per heavy atom. The number of nitrogens with one attached hydrogen (secondary N) is 2. The number of methoxy groups -OCH3 is 1. The summed E-state index contributed by atoms with van der Waals surface area (Å²) in [5.74, 6) is -2.02. The number of carbonyl (C=O) groups excluding carboxylic acids is 2. The minimum atomic E-state index is -0.781. The monoisotopic (exact) mass is 475 g/mol. The fourth-order valence-electron chi connectivity index (χ4n) is 4.10. The number of hydrogen-bond acceptors (Lipinski definition) is 7. The van der Waals surface area contributed by atoms with E-state index in [2.05, 4.69) is 15.6 Å². The summed E-state index contributed by atoms with van der Waals surface area (Å²) in [4.78, 5) is 40.0. The zero-order chi connectivity index (χ0) is 24.7. The van der Waals surface area contributed by atoms with Crippen LogP contribution in [0.2, 0.25) is 0 Å². The molecule has 0 aromatic heterocycles. The van der Waals surface area contributed by atoms with Crippen LogP contribution < -0.4 is 15.4 Å². The number of ether oxygens (including phenoxy) is 3. The average Bonchev–Trinajstić information content (AvgIpc) is 3.33. The number of amides is 2. The van der Waals surface area contributed by atoms with E-state index >= 15 is 0 Å². The Hall–Kier alpha value is -3.14. The van der Waals surface area contributed by atoms with Gasteiger partial charge in [-0.05, 0) is 58.1 Å². The molecule has 1 aromatic carbocycles. The first kappa shape index (κ1) is 25.5. The van der Waals surface area contributed by atoms with Crippen molar-refractivity contribution in [3.63, 3.8) is 0 Å². The van der Waals surface area contributed by atoms with Gasteiger partial charge in [0.25, 0.3) is 0 Å². The molecule has 0 spiro atoms. The van der Waals surface area contributed by atoms with Gasteiger partial charge in [-0.25, -0.2) is 0 Å². The number of anilines is 1. The smallest absolute Gasteiger partial charge is 0.313 e. The van der Waals surface area contributed by atoms with Gasteiger partial charge in [0.2, 0.25) is 0 Å². The summed E-state index contributed by atoms with van der Waals surface area (Å²) in [6.07, 6.45) is 4.38. The van der Waals surface area contributed by atoms with Crippen molar-refractivity contribution in [3.8, 4) is 5.75 Å². The van der Waals surface area contributed by atoms with Crippen LogP contribution in [0.1, 0.15) is 57.6 Å². The molecule has 1 saturated carbocycles. The van der Waals surface area contributed by atoms with E-state index in [0.29, 0.717) is 56.7 Å². The van der Waals surface area contributed by atoms with Crippen molar-refractivity contribution in [2.75, 3.05) is 25.6 Å². The first-order chi connectivity index (χ1) is 16.2. The molecular formula is C24H33N3O7. The van der Waals surface area contributed by atoms with Gasteiger partial charge in [-0.1, -0.05) is 0 Å². The molecule has 1 heterocycles. The second kappa shape index (κ2) is 11.3. The van der Waals surface area contributed by atoms with Crippen LogP contribution in [0.3, 0.4) is 0 Å². The van der Waals surface area contributed by atoms with Crippen molar-refractivity contribution in [3.05, 3.63) is 23.8 Å². The van der Waals surface area contributed by atoms with Crippen LogP contribution >= 0.6 is 0 Å². The summed E-state index contributed by atoms with van der Waals surface area (Å²) in [7, 11) is 1.52. The number of aliphatic imine (C=N–C) groups is 1. The summed E-state index contributed by atoms with van der Waals surface area (Å²) >= 11 is 0. The SMILES string of the molecule is COc1cc(NC(=O)C(=O)NC(C)(C)CCOC2CCC(C(=O)O)CC2)ccc1C1CN=CO1. The number of hydrogen-bond donors (Lipinski definition) is 3. The summed E-state index contributed by atoms with van der Waals surface area (Å²) in [5, 5.41) is 14.4. The standard InChI is InChI=1S/C24H33N3O7/c1-24(2,10-11-33-17-7-4-15(5-8-17)23(30)31)27-22(29)21(28)26-16-6-9-18(19(12-16)32-3)20-13-25-14-34-20/h6,9,12,14-15,17,20H,4-5,7-8,10-11,13H2,1-3H3,(H,26,28)(H,27,29)(H,30,31). The molecule has 1 fully saturated rings. The summed E-state index contributed by atoms with van der Waals surface area (Å²) in [6.45, 7) is 4.55. The largest absolute Gasteiger partial charge is 0.496 e. The second-order valence-electron chi connectivity index (χ2n) is 9.28. The van der Waals surface area contributed by atoms with E-state index in [1.165, 1.54) is 13.5 Å². The van der Waals surface area contributed by atoms with Gasteiger partial charge in [0.05, 0.1) is 25.7 Å². The molecule has 10 heteroatoms. The first-order valence-corrected chi connectivity index (χ1v) is 11.5. The minimum absolute atomic E-state index is 0.0320. The van der Waals surface area contributed by atoms with E-state index in [9.17, 15) is 14.4 Å². The van der Waals surface area contributed by atoms with Crippen LogP contribution in [-0.4, -0.2) is 61.2 Å². The molecular weight excluding hydrogens is 442 g/mol. The molecule has 34 heavy (non-hydrogen) atoms. The maximum absolute atomic E-state index is 12.5. The molecule has 3 N–H and O–H groups in total. The van der Waals surface area contributed by atoms with E-state index < -0.39 is 23.3 Å². The molecule has 2 amide bonds. The van der Waals surface area contributed by atoms with Gasteiger partial charge in [0, 0.05) is 29.5 Å². The third kappa shape index (κ3) is 6.93. The number of carboxylic acid groups (broad SMARTS) is 1. The fraction of sp³-hybridized carbons (Fsp3) is 0.583. The van der Waals surface area contributed by atoms with Gasteiger partial charge in [0.1, 0.15) is 11.9 Å². The number of carbonyl (C=O) groups is 3. The van der Waals surface area contributed by atoms with Gasteiger partial charge >= 0.3 is 17.8 Å². The topological polar surface area (TPSA) is 136 Å². The molecule has 0 bridgehead atoms. The summed E-state index contributed by atoms with van der Waals surface area (Å²) < 4.78 is 16.7. The summed E-state index contributed by atoms with van der Waals surface area (Å²) in [5.41, 5.74) is 0.575. The van der Waals surface area contributed by atoms with Crippen molar-refractivity contribution in [1.29, 1.82) is 0 Å². The Bertz CT molecular complexity index is 915. The third-order valence-corrected chi connectivity index (χ3v) is 6.17. The van der Waals surface area contributed by atoms with E-state index in [0.717, 1.165) is 5.56 Å². The van der Waals surface area contributed by atoms with E-state index in [1.807, 2.05) is 13.8 Å². The quantitative estimate of drug-likeness (QED) is 0.467. The lowest BCUT2D eigenvalue weighted by molar-refractivity contribution is -0.143. The second-order valence-corrected chi connectivity index (χ2v) is 9.28. The highest BCUT2D eigenvalue weighted by atomic mass is 16.5. The highest BCUT2D eigenvalue weighted by Gasteiger charge is 2.28. The molecule has 2 aliphatic rings. The molecule has 0 radical (unpaired) electrons. The molecule has 3 rings (SSSR count). The van der Waals surface area contributed by atoms with Crippen LogP contribution in [0.15, 0.2) is 23.2 Å². The normalized spacial score (nSPS) is 22.0. The predicted molar refractivity (Wildman–Crippen MR) is 125 cm³/mol. The number of benzene rings is 1. The van der Waals surface area contributed by atoms with E-state index in [-0.39, 0.29) is 18.1 Å². The lowest BCUT2D eigenvalue weighted by Crippen LogP contribution is -2.48. The Morgan fingerprint density at radius 1 is 1.18 bits per heavy atom. The van der Waals surface area contributed by atoms with Gasteiger partial charge in [0.15, 0.2) is 6.40 Å². The summed E-state index contributed by atoms with van der Waals surface area (Å²) in [6, 6.07) is 5.10. The minimum Gasteiger partial charge on any atom is -0.496 e. The van der Waals surface area contributed by atoms with Gasteiger partial charge in [-0.15, -0.1) is 0 Å². The third-order valence-electron chi connectivity index (χ3n) is 6.17. The van der Waals surface area contributed by atoms with Crippen molar-refractivity contribution in [1.82, 2.24) is 5.32 Å². The zero-order valence-corrected chi connectivity index (χ0v) is 19.8. The molecule has 1 unspecified atom stereocenters.